The van der Waals surface area contributed by atoms with Crippen molar-refractivity contribution in [3.8, 4) is 5.75 Å². The Morgan fingerprint density at radius 1 is 1.33 bits per heavy atom. The quantitative estimate of drug-likeness (QED) is 0.791. The highest BCUT2D eigenvalue weighted by atomic mass is 16.5. The maximum absolute atomic E-state index is 6.13. The second-order valence-electron chi connectivity index (χ2n) is 6.07. The molecule has 118 valence electrons. The van der Waals surface area contributed by atoms with Gasteiger partial charge in [-0.1, -0.05) is 32.0 Å². The number of hydrogen-bond donors (Lipinski definition) is 1. The van der Waals surface area contributed by atoms with Crippen molar-refractivity contribution in [1.29, 1.82) is 0 Å². The summed E-state index contributed by atoms with van der Waals surface area (Å²) in [7, 11) is 0. The van der Waals surface area contributed by atoms with Gasteiger partial charge in [-0.05, 0) is 43.7 Å². The van der Waals surface area contributed by atoms with Crippen molar-refractivity contribution in [2.45, 2.75) is 58.2 Å². The van der Waals surface area contributed by atoms with Crippen LogP contribution in [0.1, 0.15) is 51.5 Å². The van der Waals surface area contributed by atoms with Crippen LogP contribution in [0.2, 0.25) is 0 Å². The molecule has 0 amide bonds. The first-order chi connectivity index (χ1) is 10.2. The molecule has 0 aromatic heterocycles. The molecule has 3 atom stereocenters. The average Bonchev–Trinajstić information content (AvgIpc) is 3.00. The zero-order valence-corrected chi connectivity index (χ0v) is 13.6. The molecule has 1 N–H and O–H groups in total. The third-order valence-corrected chi connectivity index (χ3v) is 4.22. The lowest BCUT2D eigenvalue weighted by atomic mass is 9.98. The monoisotopic (exact) mass is 291 g/mol. The third kappa shape index (κ3) is 5.01. The second kappa shape index (κ2) is 8.40. The van der Waals surface area contributed by atoms with E-state index in [1.165, 1.54) is 18.4 Å². The standard InChI is InChI=1S/C18H29NO2/c1-4-14(2)17-9-5-6-10-18(17)21-15(3)12-19-13-16-8-7-11-20-16/h5-6,9-10,14-16,19H,4,7-8,11-13H2,1-3H3. The molecule has 1 aromatic rings. The van der Waals surface area contributed by atoms with Crippen LogP contribution in [-0.2, 0) is 4.74 Å². The summed E-state index contributed by atoms with van der Waals surface area (Å²) in [6, 6.07) is 8.40. The van der Waals surface area contributed by atoms with Crippen molar-refractivity contribution in [2.24, 2.45) is 0 Å². The molecule has 1 heterocycles. The molecule has 2 rings (SSSR count). The Labute approximate surface area is 129 Å². The van der Waals surface area contributed by atoms with Crippen molar-refractivity contribution >= 4 is 0 Å². The van der Waals surface area contributed by atoms with E-state index in [1.807, 2.05) is 6.07 Å². The van der Waals surface area contributed by atoms with Crippen LogP contribution >= 0.6 is 0 Å². The highest BCUT2D eigenvalue weighted by Crippen LogP contribution is 2.28. The van der Waals surface area contributed by atoms with Crippen LogP contribution < -0.4 is 10.1 Å². The first kappa shape index (κ1) is 16.3. The van der Waals surface area contributed by atoms with E-state index < -0.39 is 0 Å². The molecule has 3 unspecified atom stereocenters. The van der Waals surface area contributed by atoms with E-state index in [0.717, 1.165) is 31.9 Å². The fraction of sp³-hybridized carbons (Fsp3) is 0.667. The van der Waals surface area contributed by atoms with E-state index in [4.69, 9.17) is 9.47 Å². The summed E-state index contributed by atoms with van der Waals surface area (Å²) in [4.78, 5) is 0. The number of benzene rings is 1. The van der Waals surface area contributed by atoms with Crippen LogP contribution in [0.5, 0.6) is 5.75 Å². The molecule has 1 saturated heterocycles. The minimum Gasteiger partial charge on any atom is -0.489 e. The lowest BCUT2D eigenvalue weighted by Gasteiger charge is -2.21. The molecule has 1 aliphatic heterocycles. The summed E-state index contributed by atoms with van der Waals surface area (Å²) in [6.45, 7) is 9.29. The average molecular weight is 291 g/mol. The Bertz CT molecular complexity index is 415. The molecule has 1 fully saturated rings. The third-order valence-electron chi connectivity index (χ3n) is 4.22. The van der Waals surface area contributed by atoms with Gasteiger partial charge in [0.25, 0.3) is 0 Å². The summed E-state index contributed by atoms with van der Waals surface area (Å²) in [5, 5.41) is 3.46. The van der Waals surface area contributed by atoms with Crippen LogP contribution in [0.15, 0.2) is 24.3 Å². The molecule has 21 heavy (non-hydrogen) atoms. The number of para-hydroxylation sites is 1. The number of rotatable bonds is 8. The van der Waals surface area contributed by atoms with Gasteiger partial charge in [0.2, 0.25) is 0 Å². The van der Waals surface area contributed by atoms with E-state index in [-0.39, 0.29) is 6.10 Å². The van der Waals surface area contributed by atoms with Crippen LogP contribution in [0.3, 0.4) is 0 Å². The number of hydrogen-bond acceptors (Lipinski definition) is 3. The minimum atomic E-state index is 0.164. The van der Waals surface area contributed by atoms with Crippen molar-refractivity contribution in [1.82, 2.24) is 5.32 Å². The van der Waals surface area contributed by atoms with E-state index in [2.05, 4.69) is 44.3 Å². The summed E-state index contributed by atoms with van der Waals surface area (Å²) in [5.41, 5.74) is 1.31. The van der Waals surface area contributed by atoms with Gasteiger partial charge in [-0.3, -0.25) is 0 Å². The topological polar surface area (TPSA) is 30.5 Å². The summed E-state index contributed by atoms with van der Waals surface area (Å²) in [6.07, 6.45) is 4.06. The van der Waals surface area contributed by atoms with E-state index in [9.17, 15) is 0 Å². The molecule has 0 bridgehead atoms. The normalized spacial score (nSPS) is 21.2. The Balaban J connectivity index is 1.80. The zero-order chi connectivity index (χ0) is 15.1. The fourth-order valence-electron chi connectivity index (χ4n) is 2.73. The Morgan fingerprint density at radius 3 is 2.86 bits per heavy atom. The lowest BCUT2D eigenvalue weighted by Crippen LogP contribution is -2.34. The lowest BCUT2D eigenvalue weighted by molar-refractivity contribution is 0.106. The van der Waals surface area contributed by atoms with E-state index in [1.54, 1.807) is 0 Å². The smallest absolute Gasteiger partial charge is 0.123 e. The first-order valence-corrected chi connectivity index (χ1v) is 8.28. The molecular formula is C18H29NO2. The second-order valence-corrected chi connectivity index (χ2v) is 6.07. The fourth-order valence-corrected chi connectivity index (χ4v) is 2.73. The molecule has 1 aromatic carbocycles. The van der Waals surface area contributed by atoms with Crippen LogP contribution in [0, 0.1) is 0 Å². The number of nitrogens with one attached hydrogen (secondary N) is 1. The Hall–Kier alpha value is -1.06. The SMILES string of the molecule is CCC(C)c1ccccc1OC(C)CNCC1CCCO1. The highest BCUT2D eigenvalue weighted by molar-refractivity contribution is 5.36. The summed E-state index contributed by atoms with van der Waals surface area (Å²) < 4.78 is 11.7. The largest absolute Gasteiger partial charge is 0.489 e. The predicted octanol–water partition coefficient (Wildman–Crippen LogP) is 3.74. The van der Waals surface area contributed by atoms with Gasteiger partial charge in [0.05, 0.1) is 6.10 Å². The summed E-state index contributed by atoms with van der Waals surface area (Å²) in [5.74, 6) is 1.56. The van der Waals surface area contributed by atoms with Gasteiger partial charge in [0.15, 0.2) is 0 Å². The maximum atomic E-state index is 6.13. The minimum absolute atomic E-state index is 0.164. The molecule has 0 radical (unpaired) electrons. The van der Waals surface area contributed by atoms with Crippen molar-refractivity contribution in [3.63, 3.8) is 0 Å². The highest BCUT2D eigenvalue weighted by Gasteiger charge is 2.16. The molecule has 0 spiro atoms. The van der Waals surface area contributed by atoms with E-state index in [0.29, 0.717) is 12.0 Å². The molecule has 3 heteroatoms. The van der Waals surface area contributed by atoms with Gasteiger partial charge in [-0.25, -0.2) is 0 Å². The zero-order valence-electron chi connectivity index (χ0n) is 13.6. The first-order valence-electron chi connectivity index (χ1n) is 8.28. The molecule has 1 aliphatic rings. The van der Waals surface area contributed by atoms with Crippen LogP contribution in [-0.4, -0.2) is 31.9 Å². The Kier molecular flexibility index (Phi) is 6.52. The maximum Gasteiger partial charge on any atom is 0.123 e. The molecule has 0 saturated carbocycles. The van der Waals surface area contributed by atoms with Crippen molar-refractivity contribution in [3.05, 3.63) is 29.8 Å². The van der Waals surface area contributed by atoms with Gasteiger partial charge in [-0.15, -0.1) is 0 Å². The van der Waals surface area contributed by atoms with Gasteiger partial charge in [0.1, 0.15) is 11.9 Å². The van der Waals surface area contributed by atoms with E-state index >= 15 is 0 Å². The van der Waals surface area contributed by atoms with Crippen LogP contribution in [0.4, 0.5) is 0 Å². The van der Waals surface area contributed by atoms with Gasteiger partial charge < -0.3 is 14.8 Å². The number of ether oxygens (including phenoxy) is 2. The molecule has 0 aliphatic carbocycles. The van der Waals surface area contributed by atoms with Crippen molar-refractivity contribution in [2.75, 3.05) is 19.7 Å². The van der Waals surface area contributed by atoms with Gasteiger partial charge in [-0.2, -0.15) is 0 Å². The molecule has 3 nitrogen and oxygen atoms in total. The Morgan fingerprint density at radius 2 is 2.14 bits per heavy atom. The van der Waals surface area contributed by atoms with Gasteiger partial charge in [0, 0.05) is 19.7 Å². The summed E-state index contributed by atoms with van der Waals surface area (Å²) >= 11 is 0. The predicted molar refractivity (Wildman–Crippen MR) is 87.1 cm³/mol. The van der Waals surface area contributed by atoms with Crippen LogP contribution in [0.25, 0.3) is 0 Å². The van der Waals surface area contributed by atoms with Crippen molar-refractivity contribution < 1.29 is 9.47 Å². The molecular weight excluding hydrogens is 262 g/mol. The van der Waals surface area contributed by atoms with Gasteiger partial charge >= 0.3 is 0 Å².